The summed E-state index contributed by atoms with van der Waals surface area (Å²) in [4.78, 5) is 22.8. The molecule has 3 rings (SSSR count). The van der Waals surface area contributed by atoms with Crippen LogP contribution in [0.15, 0.2) is 23.2 Å². The molecular formula is C20H27FN6O2. The monoisotopic (exact) mass is 402 g/mol. The van der Waals surface area contributed by atoms with Gasteiger partial charge < -0.3 is 19.9 Å². The zero-order valence-electron chi connectivity index (χ0n) is 16.7. The number of benzene rings is 1. The van der Waals surface area contributed by atoms with E-state index in [2.05, 4.69) is 20.1 Å². The Hall–Kier alpha value is -2.70. The quantitative estimate of drug-likeness (QED) is 0.574. The van der Waals surface area contributed by atoms with Crippen LogP contribution in [-0.4, -0.2) is 92.6 Å². The van der Waals surface area contributed by atoms with Crippen molar-refractivity contribution in [1.29, 1.82) is 5.26 Å². The number of hydrogen-bond donors (Lipinski definition) is 1. The molecule has 0 radical (unpaired) electrons. The Kier molecular flexibility index (Phi) is 7.38. The summed E-state index contributed by atoms with van der Waals surface area (Å²) < 4.78 is 19.3. The molecule has 1 aromatic carbocycles. The summed E-state index contributed by atoms with van der Waals surface area (Å²) in [5.74, 6) is 0.487. The Morgan fingerprint density at radius 1 is 1.21 bits per heavy atom. The zero-order chi connectivity index (χ0) is 20.6. The molecule has 2 aliphatic heterocycles. The standard InChI is InChI=1S/C20H27FN6O2/c1-23-20(24-14-17-12-16(13-22)2-3-18(17)21)27-6-4-25(5-7-27)15-19(28)26-8-10-29-11-9-26/h2-3,12H,4-11,14-15H2,1H3,(H,23,24). The van der Waals surface area contributed by atoms with Crippen molar-refractivity contribution in [3.8, 4) is 6.07 Å². The minimum atomic E-state index is -0.349. The third kappa shape index (κ3) is 5.65. The van der Waals surface area contributed by atoms with E-state index in [0.29, 0.717) is 49.9 Å². The van der Waals surface area contributed by atoms with Gasteiger partial charge in [0.1, 0.15) is 5.82 Å². The fraction of sp³-hybridized carbons (Fsp3) is 0.550. The minimum Gasteiger partial charge on any atom is -0.378 e. The van der Waals surface area contributed by atoms with Crippen LogP contribution in [0.2, 0.25) is 0 Å². The lowest BCUT2D eigenvalue weighted by molar-refractivity contribution is -0.136. The highest BCUT2D eigenvalue weighted by molar-refractivity contribution is 5.80. The van der Waals surface area contributed by atoms with Crippen LogP contribution in [0.1, 0.15) is 11.1 Å². The van der Waals surface area contributed by atoms with Gasteiger partial charge in [-0.15, -0.1) is 0 Å². The molecular weight excluding hydrogens is 375 g/mol. The van der Waals surface area contributed by atoms with Crippen molar-refractivity contribution < 1.29 is 13.9 Å². The predicted octanol–water partition coefficient (Wildman–Crippen LogP) is 0.249. The largest absolute Gasteiger partial charge is 0.378 e. The number of ether oxygens (including phenoxy) is 1. The number of nitriles is 1. The average molecular weight is 402 g/mol. The normalized spacial score (nSPS) is 18.4. The van der Waals surface area contributed by atoms with Crippen molar-refractivity contribution in [3.05, 3.63) is 35.1 Å². The molecule has 8 nitrogen and oxygen atoms in total. The van der Waals surface area contributed by atoms with Gasteiger partial charge in [-0.2, -0.15) is 5.26 Å². The third-order valence-electron chi connectivity index (χ3n) is 5.22. The Morgan fingerprint density at radius 3 is 2.59 bits per heavy atom. The molecule has 0 saturated carbocycles. The van der Waals surface area contributed by atoms with Crippen molar-refractivity contribution >= 4 is 11.9 Å². The summed E-state index contributed by atoms with van der Waals surface area (Å²) in [6, 6.07) is 6.34. The summed E-state index contributed by atoms with van der Waals surface area (Å²) >= 11 is 0. The number of morpholine rings is 1. The number of carbonyl (C=O) groups is 1. The highest BCUT2D eigenvalue weighted by Gasteiger charge is 2.24. The second kappa shape index (κ2) is 10.2. The van der Waals surface area contributed by atoms with Gasteiger partial charge in [0.2, 0.25) is 5.91 Å². The number of carbonyl (C=O) groups excluding carboxylic acids is 1. The van der Waals surface area contributed by atoms with Gasteiger partial charge in [-0.05, 0) is 18.2 Å². The molecule has 0 atom stereocenters. The van der Waals surface area contributed by atoms with E-state index in [4.69, 9.17) is 10.00 Å². The molecule has 1 amide bonds. The number of guanidine groups is 1. The van der Waals surface area contributed by atoms with E-state index < -0.39 is 0 Å². The highest BCUT2D eigenvalue weighted by Crippen LogP contribution is 2.11. The Bertz CT molecular complexity index is 780. The van der Waals surface area contributed by atoms with Gasteiger partial charge in [-0.3, -0.25) is 14.7 Å². The molecule has 0 unspecified atom stereocenters. The molecule has 0 aliphatic carbocycles. The molecule has 0 bridgehead atoms. The van der Waals surface area contributed by atoms with Gasteiger partial charge in [0.05, 0.1) is 31.4 Å². The van der Waals surface area contributed by atoms with E-state index in [1.807, 2.05) is 11.0 Å². The Balaban J connectivity index is 1.47. The first-order valence-corrected chi connectivity index (χ1v) is 9.82. The van der Waals surface area contributed by atoms with Crippen molar-refractivity contribution in [1.82, 2.24) is 20.0 Å². The maximum atomic E-state index is 14.0. The van der Waals surface area contributed by atoms with E-state index in [0.717, 1.165) is 26.2 Å². The van der Waals surface area contributed by atoms with E-state index >= 15 is 0 Å². The molecule has 2 saturated heterocycles. The summed E-state index contributed by atoms with van der Waals surface area (Å²) in [6.45, 7) is 6.21. The fourth-order valence-corrected chi connectivity index (χ4v) is 3.51. The molecule has 2 aliphatic rings. The summed E-state index contributed by atoms with van der Waals surface area (Å²) in [6.07, 6.45) is 0. The maximum Gasteiger partial charge on any atom is 0.236 e. The van der Waals surface area contributed by atoms with Crippen LogP contribution in [0.5, 0.6) is 0 Å². The lowest BCUT2D eigenvalue weighted by Crippen LogP contribution is -2.54. The number of rotatable bonds is 4. The molecule has 156 valence electrons. The zero-order valence-corrected chi connectivity index (χ0v) is 16.7. The average Bonchev–Trinajstić information content (AvgIpc) is 2.77. The third-order valence-corrected chi connectivity index (χ3v) is 5.22. The van der Waals surface area contributed by atoms with E-state index in [1.54, 1.807) is 13.1 Å². The van der Waals surface area contributed by atoms with Crippen molar-refractivity contribution in [2.45, 2.75) is 6.54 Å². The van der Waals surface area contributed by atoms with Crippen LogP contribution in [-0.2, 0) is 16.1 Å². The second-order valence-corrected chi connectivity index (χ2v) is 7.08. The number of hydrogen-bond acceptors (Lipinski definition) is 5. The highest BCUT2D eigenvalue weighted by atomic mass is 19.1. The van der Waals surface area contributed by atoms with Crippen LogP contribution >= 0.6 is 0 Å². The first-order chi connectivity index (χ1) is 14.1. The lowest BCUT2D eigenvalue weighted by Gasteiger charge is -2.37. The molecule has 1 aromatic rings. The summed E-state index contributed by atoms with van der Waals surface area (Å²) in [7, 11) is 1.69. The molecule has 1 N–H and O–H groups in total. The van der Waals surface area contributed by atoms with Gasteiger partial charge >= 0.3 is 0 Å². The van der Waals surface area contributed by atoms with E-state index in [9.17, 15) is 9.18 Å². The fourth-order valence-electron chi connectivity index (χ4n) is 3.51. The maximum absolute atomic E-state index is 14.0. The lowest BCUT2D eigenvalue weighted by atomic mass is 10.1. The van der Waals surface area contributed by atoms with Gasteiger partial charge in [0, 0.05) is 58.4 Å². The number of piperazine rings is 1. The van der Waals surface area contributed by atoms with Crippen LogP contribution in [0.25, 0.3) is 0 Å². The van der Waals surface area contributed by atoms with Gasteiger partial charge in [0.15, 0.2) is 5.96 Å². The number of halogens is 1. The molecule has 2 fully saturated rings. The second-order valence-electron chi connectivity index (χ2n) is 7.08. The van der Waals surface area contributed by atoms with Gasteiger partial charge in [-0.25, -0.2) is 4.39 Å². The summed E-state index contributed by atoms with van der Waals surface area (Å²) in [5, 5.41) is 12.2. The number of nitrogens with zero attached hydrogens (tertiary/aromatic N) is 5. The number of aliphatic imine (C=N–C) groups is 1. The Labute approximate surface area is 170 Å². The van der Waals surface area contributed by atoms with Crippen LogP contribution in [0, 0.1) is 17.1 Å². The van der Waals surface area contributed by atoms with Gasteiger partial charge in [0.25, 0.3) is 0 Å². The molecule has 9 heteroatoms. The SMILES string of the molecule is CN=C(NCc1cc(C#N)ccc1F)N1CCN(CC(=O)N2CCOCC2)CC1. The predicted molar refractivity (Wildman–Crippen MR) is 107 cm³/mol. The topological polar surface area (TPSA) is 84.2 Å². The minimum absolute atomic E-state index is 0.150. The number of nitrogens with one attached hydrogen (secondary N) is 1. The van der Waals surface area contributed by atoms with E-state index in [1.165, 1.54) is 12.1 Å². The molecule has 0 aromatic heterocycles. The van der Waals surface area contributed by atoms with E-state index in [-0.39, 0.29) is 18.3 Å². The van der Waals surface area contributed by atoms with Crippen LogP contribution < -0.4 is 5.32 Å². The van der Waals surface area contributed by atoms with Crippen molar-refractivity contribution in [3.63, 3.8) is 0 Å². The molecule has 29 heavy (non-hydrogen) atoms. The molecule has 2 heterocycles. The van der Waals surface area contributed by atoms with Crippen LogP contribution in [0.3, 0.4) is 0 Å². The first kappa shape index (κ1) is 21.0. The van der Waals surface area contributed by atoms with Gasteiger partial charge in [-0.1, -0.05) is 0 Å². The first-order valence-electron chi connectivity index (χ1n) is 9.82. The Morgan fingerprint density at radius 2 is 1.93 bits per heavy atom. The van der Waals surface area contributed by atoms with Crippen molar-refractivity contribution in [2.75, 3.05) is 66.1 Å². The summed E-state index contributed by atoms with van der Waals surface area (Å²) in [5.41, 5.74) is 0.858. The van der Waals surface area contributed by atoms with Crippen LogP contribution in [0.4, 0.5) is 4.39 Å². The van der Waals surface area contributed by atoms with Crippen molar-refractivity contribution in [2.24, 2.45) is 4.99 Å². The smallest absolute Gasteiger partial charge is 0.236 e. The molecule has 0 spiro atoms. The number of amides is 1.